The molecule has 1 amide bonds. The third-order valence-corrected chi connectivity index (χ3v) is 7.02. The van der Waals surface area contributed by atoms with E-state index in [1.807, 2.05) is 19.0 Å². The lowest BCUT2D eigenvalue weighted by molar-refractivity contribution is -0.150. The summed E-state index contributed by atoms with van der Waals surface area (Å²) >= 11 is 1.25. The lowest BCUT2D eigenvalue weighted by Crippen LogP contribution is -2.45. The average Bonchev–Trinajstić information content (AvgIpc) is 3.13. The summed E-state index contributed by atoms with van der Waals surface area (Å²) in [5.74, 6) is -0.216. The number of aromatic amines is 1. The molecule has 2 aromatic heterocycles. The molecular formula is C19H24N4O4S. The van der Waals surface area contributed by atoms with Gasteiger partial charge < -0.3 is 19.5 Å². The highest BCUT2D eigenvalue weighted by molar-refractivity contribution is 7.20. The summed E-state index contributed by atoms with van der Waals surface area (Å²) in [5.41, 5.74) is -0.0206. The largest absolute Gasteiger partial charge is 0.461 e. The van der Waals surface area contributed by atoms with Gasteiger partial charge >= 0.3 is 5.97 Å². The Labute approximate surface area is 166 Å². The number of carbonyl (C=O) groups excluding carboxylic acids is 2. The fourth-order valence-electron chi connectivity index (χ4n) is 4.32. The van der Waals surface area contributed by atoms with E-state index in [2.05, 4.69) is 9.97 Å². The van der Waals surface area contributed by atoms with Gasteiger partial charge in [-0.15, -0.1) is 11.3 Å². The third-order valence-electron chi connectivity index (χ3n) is 5.83. The van der Waals surface area contributed by atoms with E-state index in [4.69, 9.17) is 4.74 Å². The molecule has 28 heavy (non-hydrogen) atoms. The number of piperidine rings is 1. The Morgan fingerprint density at radius 3 is 2.75 bits per heavy atom. The van der Waals surface area contributed by atoms with Gasteiger partial charge in [0, 0.05) is 26.1 Å². The van der Waals surface area contributed by atoms with Gasteiger partial charge in [0.25, 0.3) is 11.5 Å². The number of likely N-dealkylation sites (tertiary alicyclic amines) is 1. The number of aromatic nitrogens is 2. The smallest absolute Gasteiger partial charge is 0.312 e. The molecule has 0 bridgehead atoms. The van der Waals surface area contributed by atoms with Crippen LogP contribution >= 0.6 is 11.3 Å². The maximum atomic E-state index is 13.1. The quantitative estimate of drug-likeness (QED) is 0.777. The number of rotatable bonds is 3. The zero-order valence-corrected chi connectivity index (χ0v) is 17.1. The maximum absolute atomic E-state index is 13.1. The van der Waals surface area contributed by atoms with Crippen molar-refractivity contribution in [2.75, 3.05) is 33.7 Å². The van der Waals surface area contributed by atoms with Gasteiger partial charge in [0.1, 0.15) is 10.9 Å². The Kier molecular flexibility index (Phi) is 4.75. The number of ether oxygens (including phenoxy) is 1. The Morgan fingerprint density at radius 1 is 1.39 bits per heavy atom. The summed E-state index contributed by atoms with van der Waals surface area (Å²) in [7, 11) is 3.93. The molecule has 0 aromatic carbocycles. The zero-order chi connectivity index (χ0) is 20.1. The molecule has 2 fully saturated rings. The van der Waals surface area contributed by atoms with Crippen molar-refractivity contribution >= 4 is 33.4 Å². The predicted octanol–water partition coefficient (Wildman–Crippen LogP) is 1.39. The molecule has 4 heterocycles. The first-order valence-electron chi connectivity index (χ1n) is 9.42. The number of nitrogens with one attached hydrogen (secondary N) is 1. The first-order valence-corrected chi connectivity index (χ1v) is 10.2. The number of hydrogen-bond acceptors (Lipinski definition) is 7. The molecule has 8 nitrogen and oxygen atoms in total. The van der Waals surface area contributed by atoms with E-state index in [1.165, 1.54) is 17.7 Å². The van der Waals surface area contributed by atoms with Crippen LogP contribution < -0.4 is 5.56 Å². The molecule has 1 unspecified atom stereocenters. The van der Waals surface area contributed by atoms with Crippen LogP contribution in [0.3, 0.4) is 0 Å². The van der Waals surface area contributed by atoms with Crippen molar-refractivity contribution in [3.63, 3.8) is 0 Å². The van der Waals surface area contributed by atoms with Crippen LogP contribution in [0.4, 0.5) is 0 Å². The molecule has 150 valence electrons. The minimum Gasteiger partial charge on any atom is -0.461 e. The fraction of sp³-hybridized carbons (Fsp3) is 0.579. The minimum atomic E-state index is -0.467. The normalized spacial score (nSPS) is 21.6. The molecule has 4 rings (SSSR count). The first kappa shape index (κ1) is 19.1. The molecular weight excluding hydrogens is 380 g/mol. The molecule has 0 saturated carbocycles. The van der Waals surface area contributed by atoms with Crippen LogP contribution in [0, 0.1) is 12.3 Å². The van der Waals surface area contributed by atoms with Crippen LogP contribution in [0.1, 0.15) is 34.5 Å². The molecule has 9 heteroatoms. The highest BCUT2D eigenvalue weighted by Crippen LogP contribution is 2.43. The van der Waals surface area contributed by atoms with E-state index >= 15 is 0 Å². The van der Waals surface area contributed by atoms with Crippen molar-refractivity contribution in [1.29, 1.82) is 0 Å². The van der Waals surface area contributed by atoms with Crippen molar-refractivity contribution in [1.82, 2.24) is 19.8 Å². The van der Waals surface area contributed by atoms with Crippen molar-refractivity contribution < 1.29 is 14.3 Å². The topological polar surface area (TPSA) is 95.6 Å². The van der Waals surface area contributed by atoms with Crippen molar-refractivity contribution in [2.24, 2.45) is 5.41 Å². The Hall–Kier alpha value is -2.26. The van der Waals surface area contributed by atoms with Gasteiger partial charge in [0.15, 0.2) is 0 Å². The summed E-state index contributed by atoms with van der Waals surface area (Å²) in [4.78, 5) is 49.3. The number of cyclic esters (lactones) is 1. The van der Waals surface area contributed by atoms with Crippen LogP contribution in [0.5, 0.6) is 0 Å². The summed E-state index contributed by atoms with van der Waals surface area (Å²) in [6.07, 6.45) is 3.23. The standard InChI is InChI=1S/C19H24N4O4S/c1-11-13-15(24)20-10-21-16(13)28-14(11)17(25)23-6-4-19(5-7-23)8-12(9-22(2)3)27-18(19)26/h10,12H,4-9H2,1-3H3,(H,20,21,24). The SMILES string of the molecule is Cc1c(C(=O)N2CCC3(CC2)CC(CN(C)C)OC3=O)sc2nc[nH]c(=O)c12. The van der Waals surface area contributed by atoms with E-state index in [0.717, 1.165) is 6.54 Å². The van der Waals surface area contributed by atoms with Gasteiger partial charge in [-0.05, 0) is 39.4 Å². The number of carbonyl (C=O) groups is 2. The lowest BCUT2D eigenvalue weighted by Gasteiger charge is -2.36. The number of aryl methyl sites for hydroxylation is 1. The predicted molar refractivity (Wildman–Crippen MR) is 106 cm³/mol. The van der Waals surface area contributed by atoms with Crippen LogP contribution in [0.2, 0.25) is 0 Å². The minimum absolute atomic E-state index is 0.0765. The monoisotopic (exact) mass is 404 g/mol. The molecule has 0 radical (unpaired) electrons. The van der Waals surface area contributed by atoms with Gasteiger partial charge in [-0.1, -0.05) is 0 Å². The second kappa shape index (κ2) is 6.97. The van der Waals surface area contributed by atoms with Crippen LogP contribution in [0.25, 0.3) is 10.2 Å². The number of hydrogen-bond donors (Lipinski definition) is 1. The molecule has 2 aliphatic heterocycles. The van der Waals surface area contributed by atoms with Crippen LogP contribution in [-0.4, -0.2) is 71.5 Å². The Bertz CT molecular complexity index is 987. The Balaban J connectivity index is 1.49. The van der Waals surface area contributed by atoms with Gasteiger partial charge in [-0.3, -0.25) is 14.4 Å². The van der Waals surface area contributed by atoms with Gasteiger partial charge in [0.2, 0.25) is 0 Å². The highest BCUT2D eigenvalue weighted by atomic mass is 32.1. The van der Waals surface area contributed by atoms with Gasteiger partial charge in [-0.2, -0.15) is 0 Å². The number of H-pyrrole nitrogens is 1. The molecule has 1 spiro atoms. The fourth-order valence-corrected chi connectivity index (χ4v) is 5.44. The maximum Gasteiger partial charge on any atom is 0.312 e. The van der Waals surface area contributed by atoms with Gasteiger partial charge in [0.05, 0.1) is 22.0 Å². The van der Waals surface area contributed by atoms with E-state index < -0.39 is 5.41 Å². The molecule has 1 atom stereocenters. The van der Waals surface area contributed by atoms with Crippen LogP contribution in [0.15, 0.2) is 11.1 Å². The first-order chi connectivity index (χ1) is 13.3. The number of esters is 1. The number of fused-ring (bicyclic) bond motifs is 1. The van der Waals surface area contributed by atoms with E-state index in [0.29, 0.717) is 53.0 Å². The molecule has 2 saturated heterocycles. The molecule has 2 aromatic rings. The average molecular weight is 404 g/mol. The number of likely N-dealkylation sites (N-methyl/N-ethyl adjacent to an activating group) is 1. The number of nitrogens with zero attached hydrogens (tertiary/aromatic N) is 3. The molecule has 0 aliphatic carbocycles. The van der Waals surface area contributed by atoms with Gasteiger partial charge in [-0.25, -0.2) is 4.98 Å². The number of thiophene rings is 1. The summed E-state index contributed by atoms with van der Waals surface area (Å²) in [5, 5.41) is 0.482. The lowest BCUT2D eigenvalue weighted by atomic mass is 9.76. The summed E-state index contributed by atoms with van der Waals surface area (Å²) in [6, 6.07) is 0. The summed E-state index contributed by atoms with van der Waals surface area (Å²) in [6.45, 7) is 3.54. The molecule has 1 N–H and O–H groups in total. The van der Waals surface area contributed by atoms with E-state index in [9.17, 15) is 14.4 Å². The Morgan fingerprint density at radius 2 is 2.11 bits per heavy atom. The van der Waals surface area contributed by atoms with Crippen molar-refractivity contribution in [2.45, 2.75) is 32.3 Å². The zero-order valence-electron chi connectivity index (χ0n) is 16.3. The summed E-state index contributed by atoms with van der Waals surface area (Å²) < 4.78 is 5.59. The third kappa shape index (κ3) is 3.12. The molecule has 2 aliphatic rings. The van der Waals surface area contributed by atoms with E-state index in [1.54, 1.807) is 11.8 Å². The second-order valence-corrected chi connectivity index (χ2v) is 9.03. The number of amides is 1. The second-order valence-electron chi connectivity index (χ2n) is 8.03. The van der Waals surface area contributed by atoms with E-state index in [-0.39, 0.29) is 23.5 Å². The van der Waals surface area contributed by atoms with Crippen molar-refractivity contribution in [3.8, 4) is 0 Å². The highest BCUT2D eigenvalue weighted by Gasteiger charge is 2.51. The van der Waals surface area contributed by atoms with Crippen LogP contribution in [-0.2, 0) is 9.53 Å². The van der Waals surface area contributed by atoms with Crippen molar-refractivity contribution in [3.05, 3.63) is 27.1 Å².